The number of nitrogens with one attached hydrogen (secondary N) is 1. The van der Waals surface area contributed by atoms with E-state index in [1.54, 1.807) is 0 Å². The fraction of sp³-hybridized carbons (Fsp3) is 0.473. The Morgan fingerprint density at radius 2 is 0.746 bits per heavy atom. The van der Waals surface area contributed by atoms with E-state index in [1.165, 1.54) is 35.3 Å². The number of allylic oxidation sites excluding steroid dienone is 3. The number of carbonyl (C=O) groups is 3. The number of thioether (sulfide) groups is 3. The lowest BCUT2D eigenvalue weighted by Crippen LogP contribution is -2.62. The van der Waals surface area contributed by atoms with Gasteiger partial charge in [-0.05, 0) is 221 Å². The molecule has 628 valence electrons. The summed E-state index contributed by atoms with van der Waals surface area (Å²) in [5.74, 6) is 0.102. The number of β-amino-alcohol motifs (C(OH)–C–C–N with tert-alkyl or cyclic N) is 1. The molecule has 10 heterocycles. The molecule has 27 heteroatoms. The lowest BCUT2D eigenvalue weighted by molar-refractivity contribution is -0.144. The summed E-state index contributed by atoms with van der Waals surface area (Å²) >= 11 is 42.1. The zero-order chi connectivity index (χ0) is 84.4. The normalized spacial score (nSPS) is 25.1. The number of amidine groups is 3. The number of likely N-dealkylation sites (N-methyl/N-ethyl adjacent to an activating group) is 3. The van der Waals surface area contributed by atoms with Crippen LogP contribution in [0.5, 0.6) is 0 Å². The number of likely N-dealkylation sites (tertiary alicyclic amines) is 2. The second-order valence-electron chi connectivity index (χ2n) is 33.9. The highest BCUT2D eigenvalue weighted by molar-refractivity contribution is 8.18. The highest BCUT2D eigenvalue weighted by Crippen LogP contribution is 2.60. The number of carbonyl (C=O) groups excluding carboxylic acids is 3. The molecule has 0 aromatic heterocycles. The predicted molar refractivity (Wildman–Crippen MR) is 486 cm³/mol. The van der Waals surface area contributed by atoms with Crippen LogP contribution in [-0.2, 0) is 40.5 Å². The molecule has 6 aromatic carbocycles. The second-order valence-corrected chi connectivity index (χ2v) is 39.4. The first kappa shape index (κ1) is 88.2. The number of halogens is 6. The number of hydrogen-bond donors (Lipinski definition) is 2. The number of fused-ring (bicyclic) bond motifs is 3. The Bertz CT molecular complexity index is 4900. The van der Waals surface area contributed by atoms with E-state index in [9.17, 15) is 19.5 Å². The van der Waals surface area contributed by atoms with Crippen molar-refractivity contribution in [1.29, 1.82) is 0 Å². The van der Waals surface area contributed by atoms with Crippen LogP contribution in [0.15, 0.2) is 192 Å². The van der Waals surface area contributed by atoms with E-state index < -0.39 is 22.4 Å². The van der Waals surface area contributed by atoms with Crippen molar-refractivity contribution < 1.29 is 29.0 Å². The summed E-state index contributed by atoms with van der Waals surface area (Å²) in [4.78, 5) is 78.1. The van der Waals surface area contributed by atoms with Gasteiger partial charge in [-0.1, -0.05) is 191 Å². The van der Waals surface area contributed by atoms with Crippen molar-refractivity contribution in [3.8, 4) is 0 Å². The van der Waals surface area contributed by atoms with Gasteiger partial charge in [-0.3, -0.25) is 24.2 Å². The monoisotopic (exact) mass is 1770 g/mol. The molecule has 18 nitrogen and oxygen atoms in total. The summed E-state index contributed by atoms with van der Waals surface area (Å²) < 4.78 is 11.7. The minimum absolute atomic E-state index is 0.0623. The predicted octanol–water partition coefficient (Wildman–Crippen LogP) is 19.5. The third kappa shape index (κ3) is 17.4. The maximum absolute atomic E-state index is 14.3. The van der Waals surface area contributed by atoms with Gasteiger partial charge in [0.2, 0.25) is 0 Å². The Kier molecular flexibility index (Phi) is 26.9. The number of amides is 3. The topological polar surface area (TPSA) is 165 Å². The fourth-order valence-electron chi connectivity index (χ4n) is 18.1. The molecule has 4 fully saturated rings. The van der Waals surface area contributed by atoms with Gasteiger partial charge in [0.05, 0.1) is 55.1 Å². The first-order valence-corrected chi connectivity index (χ1v) is 46.0. The molecule has 0 bridgehead atoms. The van der Waals surface area contributed by atoms with Crippen molar-refractivity contribution >= 4 is 138 Å². The molecule has 6 aromatic rings. The first-order valence-electron chi connectivity index (χ1n) is 41.3. The van der Waals surface area contributed by atoms with Crippen molar-refractivity contribution in [3.63, 3.8) is 0 Å². The molecule has 0 saturated carbocycles. The van der Waals surface area contributed by atoms with Crippen molar-refractivity contribution in [1.82, 2.24) is 44.5 Å². The van der Waals surface area contributed by atoms with E-state index in [2.05, 4.69) is 167 Å². The van der Waals surface area contributed by atoms with E-state index >= 15 is 0 Å². The van der Waals surface area contributed by atoms with E-state index in [-0.39, 0.29) is 83.9 Å². The van der Waals surface area contributed by atoms with Gasteiger partial charge in [0.15, 0.2) is 21.3 Å². The van der Waals surface area contributed by atoms with Crippen LogP contribution < -0.4 is 5.32 Å². The minimum Gasteiger partial charge on any atom is -0.392 e. The fourth-order valence-corrected chi connectivity index (χ4v) is 23.0. The van der Waals surface area contributed by atoms with Crippen LogP contribution in [0.25, 0.3) is 0 Å². The number of aliphatic imine (C=N–C) groups is 3. The Labute approximate surface area is 739 Å². The number of hydrogen-bond acceptors (Lipinski definition) is 18. The van der Waals surface area contributed by atoms with E-state index in [4.69, 9.17) is 94.1 Å². The molecule has 2 N–H and O–H groups in total. The summed E-state index contributed by atoms with van der Waals surface area (Å²) in [7, 11) is 0. The van der Waals surface area contributed by atoms with Crippen LogP contribution in [0.2, 0.25) is 30.1 Å². The van der Waals surface area contributed by atoms with Gasteiger partial charge in [-0.15, -0.1) is 0 Å². The molecule has 0 radical (unpaired) electrons. The molecule has 3 amide bonds. The molecule has 8 atom stereocenters. The molecular formula is C91H108Cl6N12O6S3. The lowest BCUT2D eigenvalue weighted by atomic mass is 9.81. The van der Waals surface area contributed by atoms with Gasteiger partial charge >= 0.3 is 0 Å². The summed E-state index contributed by atoms with van der Waals surface area (Å²) in [5, 5.41) is 20.1. The maximum Gasteiger partial charge on any atom is 0.262 e. The molecule has 118 heavy (non-hydrogen) atoms. The summed E-state index contributed by atoms with van der Waals surface area (Å²) in [6.45, 7) is 40.5. The van der Waals surface area contributed by atoms with Gasteiger partial charge in [-0.2, -0.15) is 0 Å². The minimum atomic E-state index is -0.589. The zero-order valence-corrected chi connectivity index (χ0v) is 76.8. The van der Waals surface area contributed by atoms with Gasteiger partial charge in [0, 0.05) is 119 Å². The third-order valence-electron chi connectivity index (χ3n) is 24.3. The summed E-state index contributed by atoms with van der Waals surface area (Å²) in [6.07, 6.45) is 0.477. The van der Waals surface area contributed by atoms with Crippen molar-refractivity contribution in [2.24, 2.45) is 32.7 Å². The Balaban J connectivity index is 0.000000146. The van der Waals surface area contributed by atoms with Gasteiger partial charge in [0.1, 0.15) is 31.3 Å². The number of nitrogens with zero attached hydrogens (tertiary/aromatic N) is 11. The largest absolute Gasteiger partial charge is 0.392 e. The van der Waals surface area contributed by atoms with E-state index in [0.29, 0.717) is 62.9 Å². The third-order valence-corrected chi connectivity index (χ3v) is 29.0. The van der Waals surface area contributed by atoms with Crippen molar-refractivity contribution in [2.75, 3.05) is 78.6 Å². The van der Waals surface area contributed by atoms with Crippen LogP contribution in [0.1, 0.15) is 162 Å². The summed E-state index contributed by atoms with van der Waals surface area (Å²) in [5.41, 5.74) is 7.85. The Morgan fingerprint density at radius 1 is 0.458 bits per heavy atom. The van der Waals surface area contributed by atoms with Crippen LogP contribution in [0, 0.1) is 17.8 Å². The average Bonchev–Trinajstić information content (AvgIpc) is 1.56. The Morgan fingerprint density at radius 3 is 1.00 bits per heavy atom. The quantitative estimate of drug-likeness (QED) is 0.0622. The zero-order valence-electron chi connectivity index (χ0n) is 69.8. The molecule has 4 saturated heterocycles. The second kappa shape index (κ2) is 36.0. The first-order chi connectivity index (χ1) is 56.2. The molecule has 10 aliphatic rings. The molecule has 10 aliphatic heterocycles. The molecule has 16 rings (SSSR count). The highest BCUT2D eigenvalue weighted by Gasteiger charge is 2.58. The number of ether oxygens (including phenoxy) is 2. The van der Waals surface area contributed by atoms with Crippen molar-refractivity contribution in [2.45, 2.75) is 181 Å². The van der Waals surface area contributed by atoms with Crippen LogP contribution in [0.3, 0.4) is 0 Å². The average molecular weight is 1770 g/mol. The highest BCUT2D eigenvalue weighted by atomic mass is 35.5. The summed E-state index contributed by atoms with van der Waals surface area (Å²) in [6, 6.07) is 47.9. The van der Waals surface area contributed by atoms with E-state index in [1.807, 2.05) is 127 Å². The van der Waals surface area contributed by atoms with Crippen LogP contribution in [-0.4, -0.2) is 192 Å². The van der Waals surface area contributed by atoms with Crippen molar-refractivity contribution in [3.05, 3.63) is 241 Å². The SMILES string of the molecule is CCN(C(=O)C1=C(C(C)C)N2C(=N[C@@](C)(c3ccc(Cl)cc3)[C@H]2c2ccc(Cl)cc2)S1)C1CN(C[C@H]2COC(C)(C)O2)C1.CCN(C(=O)C1=C(C(C)C)N2C(=N[C@@](C)(c3ccc(Cl)cc3)[C@H]2c2ccc(Cl)cc2)S1)C1CNC1.CC[C@@H](O)CN1CC(N(CC)C(=O)C2=C(C(C)C)N3C(=N[C@@](C)(c4ccc(Cl)cc4)[C@H]3c3ccc(Cl)cc3)S2)C1. The van der Waals surface area contributed by atoms with Crippen LogP contribution >= 0.6 is 105 Å². The molecular weight excluding hydrogens is 1670 g/mol. The number of aliphatic hydroxyl groups excluding tert-OH is 1. The van der Waals surface area contributed by atoms with E-state index in [0.717, 1.165) is 133 Å². The van der Waals surface area contributed by atoms with Gasteiger partial charge in [0.25, 0.3) is 17.7 Å². The standard InChI is InChI=1S/C33H40Cl2N4O3S.C31H38Cl2N4O2S.C27H30Cl2N4OS/c1-7-38(25-16-37(17-25)18-26-19-41-32(4,5)42-26)30(40)28-27(20(2)3)39-29(21-8-12-23(34)13-9-21)33(6,36-31(39)43-28)22-10-14-24(35)15-11-22;1-6-25(38)18-35-16-24(17-35)36(7-2)29(39)27-26(19(3)4)37-28(20-8-12-22(32)13-9-20)31(5,34-30(37)40-27)21-10-14-23(33)15-11-21;1-5-32(21-14-30-15-21)25(34)23-22(16(2)3)33-24(17-6-10-19(28)11-7-17)27(4,31-26(33)35-23)18-8-12-20(29)13-9-18/h8-15,20,25-26,29H,7,16-19H2,1-6H3;8-15,19,24-25,28,38H,6-7,16-18H2,1-5H3;6-13,16,21,24,30H,5,14-15H2,1-4H3/t26-,29+,33-;25-,28-,31+;24-,27+/m011/s1. The lowest BCUT2D eigenvalue weighted by Gasteiger charge is -2.46. The van der Waals surface area contributed by atoms with Gasteiger partial charge < -0.3 is 49.3 Å². The smallest absolute Gasteiger partial charge is 0.262 e. The number of aliphatic hydroxyl groups is 1. The molecule has 0 aliphatic carbocycles. The van der Waals surface area contributed by atoms with Gasteiger partial charge in [-0.25, -0.2) is 15.0 Å². The molecule has 0 spiro atoms. The van der Waals surface area contributed by atoms with Crippen LogP contribution in [0.4, 0.5) is 0 Å². The maximum atomic E-state index is 14.3. The molecule has 0 unspecified atom stereocenters. The Hall–Kier alpha value is -6.09. The number of rotatable bonds is 23. The number of benzene rings is 6.